The molecule has 0 amide bonds. The Morgan fingerprint density at radius 2 is 1.29 bits per heavy atom. The van der Waals surface area contributed by atoms with Gasteiger partial charge < -0.3 is 14.6 Å². The highest BCUT2D eigenvalue weighted by Gasteiger charge is 2.17. The first-order valence-electron chi connectivity index (χ1n) is 7.20. The van der Waals surface area contributed by atoms with Gasteiger partial charge >= 0.3 is 17.3 Å². The second kappa shape index (κ2) is 9.83. The summed E-state index contributed by atoms with van der Waals surface area (Å²) in [5, 5.41) is 28.8. The van der Waals surface area contributed by atoms with Crippen LogP contribution in [0.15, 0.2) is 36.4 Å². The summed E-state index contributed by atoms with van der Waals surface area (Å²) in [6.45, 7) is 0. The lowest BCUT2D eigenvalue weighted by atomic mass is 10.2. The molecule has 2 aromatic carbocycles. The van der Waals surface area contributed by atoms with Crippen molar-refractivity contribution >= 4 is 34.2 Å². The molecule has 28 heavy (non-hydrogen) atoms. The molecular formula is C16H13ClN2O9. The van der Waals surface area contributed by atoms with E-state index in [4.69, 9.17) is 26.2 Å². The molecule has 0 spiro atoms. The Bertz CT molecular complexity index is 855. The van der Waals surface area contributed by atoms with Crippen LogP contribution in [0.2, 0.25) is 0 Å². The summed E-state index contributed by atoms with van der Waals surface area (Å²) < 4.78 is 9.44. The third-order valence-electron chi connectivity index (χ3n) is 3.23. The zero-order valence-electron chi connectivity index (χ0n) is 14.4. The molecule has 0 fully saturated rings. The van der Waals surface area contributed by atoms with Gasteiger partial charge in [0, 0.05) is 23.8 Å². The average molecular weight is 413 g/mol. The molecular weight excluding hydrogens is 400 g/mol. The first-order valence-corrected chi connectivity index (χ1v) is 7.58. The summed E-state index contributed by atoms with van der Waals surface area (Å²) in [6, 6.07) is 7.05. The second-order valence-electron chi connectivity index (χ2n) is 4.87. The highest BCUT2D eigenvalue weighted by molar-refractivity contribution is 6.67. The third-order valence-corrected chi connectivity index (χ3v) is 3.44. The molecule has 1 N–H and O–H groups in total. The van der Waals surface area contributed by atoms with Gasteiger partial charge in [0.15, 0.2) is 11.5 Å². The molecule has 0 saturated heterocycles. The maximum absolute atomic E-state index is 10.7. The number of hydrogen-bond donors (Lipinski definition) is 1. The molecule has 0 aliphatic rings. The monoisotopic (exact) mass is 412 g/mol. The van der Waals surface area contributed by atoms with Crippen LogP contribution in [0.25, 0.3) is 0 Å². The van der Waals surface area contributed by atoms with Crippen LogP contribution in [0.3, 0.4) is 0 Å². The highest BCUT2D eigenvalue weighted by Crippen LogP contribution is 2.28. The zero-order chi connectivity index (χ0) is 21.4. The van der Waals surface area contributed by atoms with Crippen LogP contribution in [-0.4, -0.2) is 40.4 Å². The lowest BCUT2D eigenvalue weighted by Crippen LogP contribution is -1.99. The molecule has 0 bridgehead atoms. The fourth-order valence-corrected chi connectivity index (χ4v) is 2.03. The van der Waals surface area contributed by atoms with Crippen molar-refractivity contribution in [3.8, 4) is 11.5 Å². The van der Waals surface area contributed by atoms with E-state index < -0.39 is 21.1 Å². The normalized spacial score (nSPS) is 9.54. The number of nitrogens with zero attached hydrogens (tertiary/aromatic N) is 2. The number of aromatic carboxylic acids is 1. The summed E-state index contributed by atoms with van der Waals surface area (Å²) in [7, 11) is 2.53. The number of methoxy groups -OCH3 is 2. The first-order chi connectivity index (χ1) is 13.1. The largest absolute Gasteiger partial charge is 0.490 e. The summed E-state index contributed by atoms with van der Waals surface area (Å²) in [4.78, 5) is 40.9. The van der Waals surface area contributed by atoms with Crippen LogP contribution < -0.4 is 9.47 Å². The van der Waals surface area contributed by atoms with E-state index in [-0.39, 0.29) is 34.0 Å². The van der Waals surface area contributed by atoms with Gasteiger partial charge in [0.1, 0.15) is 0 Å². The Balaban J connectivity index is 0.000000280. The van der Waals surface area contributed by atoms with Crippen molar-refractivity contribution in [3.05, 3.63) is 67.8 Å². The standard InChI is InChI=1S/C8H6ClNO4.C8H7NO5/c1-14-7-4-5(8(9)11)2-3-6(7)10(12)13;1-14-7-4-5(8(10)11)2-3-6(7)9(12)13/h2-4H,1H3;2-4H,1H3,(H,10,11). The van der Waals surface area contributed by atoms with E-state index in [0.717, 1.165) is 18.2 Å². The van der Waals surface area contributed by atoms with Gasteiger partial charge in [0.2, 0.25) is 0 Å². The van der Waals surface area contributed by atoms with Gasteiger partial charge in [-0.3, -0.25) is 25.0 Å². The van der Waals surface area contributed by atoms with E-state index in [1.165, 1.54) is 32.4 Å². The molecule has 0 aliphatic heterocycles. The average Bonchev–Trinajstić information content (AvgIpc) is 2.66. The molecule has 0 aliphatic carbocycles. The van der Waals surface area contributed by atoms with Gasteiger partial charge in [-0.25, -0.2) is 4.79 Å². The fraction of sp³-hybridized carbons (Fsp3) is 0.125. The van der Waals surface area contributed by atoms with Crippen molar-refractivity contribution in [2.45, 2.75) is 0 Å². The maximum atomic E-state index is 10.7. The number of carboxylic acids is 1. The highest BCUT2D eigenvalue weighted by atomic mass is 35.5. The maximum Gasteiger partial charge on any atom is 0.335 e. The molecule has 12 heteroatoms. The fourth-order valence-electron chi connectivity index (χ4n) is 1.91. The van der Waals surface area contributed by atoms with Crippen molar-refractivity contribution < 1.29 is 34.0 Å². The van der Waals surface area contributed by atoms with Gasteiger partial charge in [0.05, 0.1) is 29.6 Å². The quantitative estimate of drug-likeness (QED) is 0.426. The van der Waals surface area contributed by atoms with Gasteiger partial charge in [-0.05, 0) is 29.8 Å². The van der Waals surface area contributed by atoms with Crippen molar-refractivity contribution in [3.63, 3.8) is 0 Å². The number of ether oxygens (including phenoxy) is 2. The van der Waals surface area contributed by atoms with Crippen molar-refractivity contribution in [1.82, 2.24) is 0 Å². The Hall–Kier alpha value is -3.73. The van der Waals surface area contributed by atoms with Crippen molar-refractivity contribution in [1.29, 1.82) is 0 Å². The molecule has 0 atom stereocenters. The number of carboxylic acid groups (broad SMARTS) is 1. The second-order valence-corrected chi connectivity index (χ2v) is 5.21. The Kier molecular flexibility index (Phi) is 7.83. The van der Waals surface area contributed by atoms with E-state index in [2.05, 4.69) is 0 Å². The van der Waals surface area contributed by atoms with Crippen LogP contribution in [0.1, 0.15) is 20.7 Å². The predicted molar refractivity (Wildman–Crippen MR) is 96.4 cm³/mol. The zero-order valence-corrected chi connectivity index (χ0v) is 15.2. The van der Waals surface area contributed by atoms with E-state index >= 15 is 0 Å². The molecule has 0 aromatic heterocycles. The van der Waals surface area contributed by atoms with E-state index in [9.17, 15) is 29.8 Å². The SMILES string of the molecule is COc1cc(C(=O)Cl)ccc1[N+](=O)[O-].COc1cc(C(=O)O)ccc1[N+](=O)[O-]. The number of carbonyl (C=O) groups is 2. The molecule has 0 heterocycles. The van der Waals surface area contributed by atoms with Gasteiger partial charge in [0.25, 0.3) is 5.24 Å². The van der Waals surface area contributed by atoms with Crippen LogP contribution in [0, 0.1) is 20.2 Å². The van der Waals surface area contributed by atoms with Crippen LogP contribution >= 0.6 is 11.6 Å². The third kappa shape index (κ3) is 5.64. The Morgan fingerprint density at radius 1 is 0.893 bits per heavy atom. The summed E-state index contributed by atoms with van der Waals surface area (Å²) in [5.41, 5.74) is -0.340. The number of nitro benzene ring substituents is 2. The van der Waals surface area contributed by atoms with Gasteiger partial charge in [-0.2, -0.15) is 0 Å². The molecule has 0 unspecified atom stereocenters. The minimum Gasteiger partial charge on any atom is -0.490 e. The van der Waals surface area contributed by atoms with Crippen molar-refractivity contribution in [2.24, 2.45) is 0 Å². The smallest absolute Gasteiger partial charge is 0.335 e. The molecule has 0 radical (unpaired) electrons. The number of halogens is 1. The van der Waals surface area contributed by atoms with Crippen molar-refractivity contribution in [2.75, 3.05) is 14.2 Å². The van der Waals surface area contributed by atoms with E-state index in [1.807, 2.05) is 0 Å². The Labute approximate surface area is 162 Å². The summed E-state index contributed by atoms with van der Waals surface area (Å²) in [6.07, 6.45) is 0. The minimum absolute atomic E-state index is 0.0153. The van der Waals surface area contributed by atoms with E-state index in [0.29, 0.717) is 0 Å². The lowest BCUT2D eigenvalue weighted by molar-refractivity contribution is -0.385. The number of benzene rings is 2. The number of rotatable bonds is 6. The number of nitro groups is 2. The molecule has 11 nitrogen and oxygen atoms in total. The first kappa shape index (κ1) is 22.3. The minimum atomic E-state index is -1.15. The van der Waals surface area contributed by atoms with Crippen LogP contribution in [-0.2, 0) is 0 Å². The summed E-state index contributed by atoms with van der Waals surface area (Å²) in [5.74, 6) is -1.20. The number of hydrogen-bond acceptors (Lipinski definition) is 8. The molecule has 2 aromatic rings. The van der Waals surface area contributed by atoms with Crippen LogP contribution in [0.5, 0.6) is 11.5 Å². The molecule has 0 saturated carbocycles. The number of carbonyl (C=O) groups excluding carboxylic acids is 1. The lowest BCUT2D eigenvalue weighted by Gasteiger charge is -2.01. The van der Waals surface area contributed by atoms with Gasteiger partial charge in [-0.1, -0.05) is 0 Å². The van der Waals surface area contributed by atoms with E-state index in [1.54, 1.807) is 0 Å². The van der Waals surface area contributed by atoms with Crippen LogP contribution in [0.4, 0.5) is 11.4 Å². The molecule has 148 valence electrons. The topological polar surface area (TPSA) is 159 Å². The Morgan fingerprint density at radius 3 is 1.61 bits per heavy atom. The van der Waals surface area contributed by atoms with Gasteiger partial charge in [-0.15, -0.1) is 0 Å². The predicted octanol–water partition coefficient (Wildman–Crippen LogP) is 3.28. The summed E-state index contributed by atoms with van der Waals surface area (Å²) >= 11 is 5.20. The molecule has 2 rings (SSSR count).